The maximum atomic E-state index is 8.14. The molecule has 0 spiro atoms. The number of para-hydroxylation sites is 3. The molecule has 1 aliphatic carbocycles. The molecule has 0 N–H and O–H groups in total. The van der Waals surface area contributed by atoms with Crippen LogP contribution in [0.1, 0.15) is 9.68 Å². The van der Waals surface area contributed by atoms with Crippen molar-refractivity contribution in [3.05, 3.63) is 127 Å². The van der Waals surface area contributed by atoms with Crippen LogP contribution < -0.4 is 0 Å². The molecule has 1 aliphatic rings. The lowest BCUT2D eigenvalue weighted by atomic mass is 9.83. The number of fused-ring (bicyclic) bond motifs is 13. The summed E-state index contributed by atoms with van der Waals surface area (Å²) in [5.41, 5.74) is 11.5. The third kappa shape index (κ3) is 3.03. The molecule has 5 aromatic carbocycles. The summed E-state index contributed by atoms with van der Waals surface area (Å²) in [5.74, 6) is 1.02. The van der Waals surface area contributed by atoms with E-state index in [-0.39, 0.29) is 5.56 Å². The summed E-state index contributed by atoms with van der Waals surface area (Å²) in [6.45, 7) is -2.30. The zero-order valence-electron chi connectivity index (χ0n) is 24.8. The monoisotopic (exact) mass is 528 g/mol. The van der Waals surface area contributed by atoms with Gasteiger partial charge < -0.3 is 0 Å². The highest BCUT2D eigenvalue weighted by Crippen LogP contribution is 2.46. The second-order valence-corrected chi connectivity index (χ2v) is 10.3. The molecule has 0 saturated heterocycles. The first-order valence-corrected chi connectivity index (χ1v) is 13.6. The number of benzene rings is 5. The fourth-order valence-electron chi connectivity index (χ4n) is 6.33. The van der Waals surface area contributed by atoms with Crippen LogP contribution in [0.15, 0.2) is 121 Å². The van der Waals surface area contributed by atoms with Crippen LogP contribution in [0.2, 0.25) is 0 Å². The lowest BCUT2D eigenvalue weighted by Crippen LogP contribution is -2.06. The minimum absolute atomic E-state index is 0.220. The van der Waals surface area contributed by atoms with Gasteiger partial charge in [-0.1, -0.05) is 97.1 Å². The molecule has 192 valence electrons. The summed E-state index contributed by atoms with van der Waals surface area (Å²) < 4.78 is 28.3. The number of imidazole rings is 2. The van der Waals surface area contributed by atoms with Crippen LogP contribution in [0, 0.1) is 6.85 Å². The minimum atomic E-state index is -2.30. The lowest BCUT2D eigenvalue weighted by molar-refractivity contribution is 0.970. The van der Waals surface area contributed by atoms with Gasteiger partial charge in [0, 0.05) is 21.4 Å². The summed E-state index contributed by atoms with van der Waals surface area (Å²) in [5, 5.41) is 0. The van der Waals surface area contributed by atoms with Crippen LogP contribution in [0.4, 0.5) is 0 Å². The number of hydrogen-bond acceptors (Lipinski definition) is 3. The summed E-state index contributed by atoms with van der Waals surface area (Å²) in [4.78, 5) is 15.2. The van der Waals surface area contributed by atoms with E-state index < -0.39 is 6.85 Å². The van der Waals surface area contributed by atoms with Gasteiger partial charge in [0.05, 0.1) is 27.8 Å². The molecule has 0 bridgehead atoms. The first kappa shape index (κ1) is 19.5. The van der Waals surface area contributed by atoms with Crippen molar-refractivity contribution >= 4 is 27.8 Å². The third-order valence-corrected chi connectivity index (χ3v) is 8.11. The Kier molecular flexibility index (Phi) is 3.91. The largest absolute Gasteiger partial charge is 0.276 e. The van der Waals surface area contributed by atoms with Crippen molar-refractivity contribution < 1.29 is 4.11 Å². The van der Waals surface area contributed by atoms with Crippen LogP contribution in [0.5, 0.6) is 0 Å². The zero-order valence-corrected chi connectivity index (χ0v) is 21.8. The van der Waals surface area contributed by atoms with Crippen molar-refractivity contribution in [2.75, 3.05) is 0 Å². The van der Waals surface area contributed by atoms with E-state index >= 15 is 0 Å². The van der Waals surface area contributed by atoms with Gasteiger partial charge in [0.25, 0.3) is 0 Å². The minimum Gasteiger partial charge on any atom is -0.276 e. The highest BCUT2D eigenvalue weighted by molar-refractivity contribution is 6.02. The van der Waals surface area contributed by atoms with Gasteiger partial charge in [0.2, 0.25) is 11.7 Å². The highest BCUT2D eigenvalue weighted by atomic mass is 15.3. The Morgan fingerprint density at radius 2 is 1.10 bits per heavy atom. The van der Waals surface area contributed by atoms with Crippen molar-refractivity contribution in [3.8, 4) is 50.6 Å². The molecule has 0 saturated carbocycles. The lowest BCUT2D eigenvalue weighted by Gasteiger charge is -2.22. The molecular weight excluding hydrogens is 502 g/mol. The summed E-state index contributed by atoms with van der Waals surface area (Å²) in [6, 6.07) is 38.5. The average Bonchev–Trinajstić information content (AvgIpc) is 3.58. The quantitative estimate of drug-likeness (QED) is 0.215. The van der Waals surface area contributed by atoms with Crippen LogP contribution >= 0.6 is 0 Å². The van der Waals surface area contributed by atoms with E-state index in [9.17, 15) is 0 Å². The molecule has 0 aliphatic heterocycles. The Morgan fingerprint density at radius 1 is 0.537 bits per heavy atom. The van der Waals surface area contributed by atoms with Gasteiger partial charge in [-0.2, -0.15) is 0 Å². The highest BCUT2D eigenvalue weighted by Gasteiger charge is 2.25. The number of hydrogen-bond donors (Lipinski definition) is 0. The van der Waals surface area contributed by atoms with Crippen molar-refractivity contribution in [1.29, 1.82) is 0 Å². The van der Waals surface area contributed by atoms with E-state index in [4.69, 9.17) is 19.1 Å². The zero-order chi connectivity index (χ0) is 29.6. The average molecular weight is 529 g/mol. The van der Waals surface area contributed by atoms with Crippen LogP contribution in [-0.4, -0.2) is 23.9 Å². The van der Waals surface area contributed by atoms with E-state index in [0.29, 0.717) is 17.2 Å². The Morgan fingerprint density at radius 3 is 1.78 bits per heavy atom. The van der Waals surface area contributed by atoms with Crippen molar-refractivity contribution in [3.63, 3.8) is 0 Å². The first-order chi connectivity index (χ1) is 21.5. The number of nitrogens with zero attached hydrogens (tertiary/aromatic N) is 5. The van der Waals surface area contributed by atoms with Gasteiger partial charge in [0.15, 0.2) is 0 Å². The standard InChI is InChI=1S/C36H23N5/c1-22-11-10-20-32-33(22)39-36-40(32)30-18-8-9-19-31(30)41(36)35-37-21-29-27-16-5-4-14-25(27)23-12-2-3-13-24(23)26-15-6-7-17-28(26)34(29)38-35/h2-21H,1H3/i1D3. The molecule has 8 aromatic rings. The molecular formula is C36H23N5. The van der Waals surface area contributed by atoms with Crippen LogP contribution in [-0.2, 0) is 0 Å². The molecule has 0 fully saturated rings. The van der Waals surface area contributed by atoms with E-state index in [2.05, 4.69) is 60.7 Å². The maximum absolute atomic E-state index is 8.14. The molecule has 9 rings (SSSR count). The van der Waals surface area contributed by atoms with E-state index in [1.54, 1.807) is 12.1 Å². The molecule has 0 amide bonds. The summed E-state index contributed by atoms with van der Waals surface area (Å²) in [7, 11) is 0. The summed E-state index contributed by atoms with van der Waals surface area (Å²) >= 11 is 0. The third-order valence-electron chi connectivity index (χ3n) is 8.11. The number of rotatable bonds is 1. The summed E-state index contributed by atoms with van der Waals surface area (Å²) in [6.07, 6.45) is 1.91. The van der Waals surface area contributed by atoms with E-state index in [1.807, 2.05) is 57.6 Å². The smallest absolute Gasteiger partial charge is 0.237 e. The normalized spacial score (nSPS) is 13.4. The Bertz CT molecular complexity index is 2450. The van der Waals surface area contributed by atoms with Crippen LogP contribution in [0.25, 0.3) is 78.4 Å². The molecule has 3 aromatic heterocycles. The van der Waals surface area contributed by atoms with Gasteiger partial charge in [-0.25, -0.2) is 19.5 Å². The first-order valence-electron chi connectivity index (χ1n) is 15.1. The van der Waals surface area contributed by atoms with Gasteiger partial charge in [-0.3, -0.25) is 4.40 Å². The Hall–Kier alpha value is -5.55. The maximum Gasteiger partial charge on any atom is 0.237 e. The number of aryl methyl sites for hydroxylation is 1. The van der Waals surface area contributed by atoms with Gasteiger partial charge in [-0.15, -0.1) is 0 Å². The second kappa shape index (κ2) is 8.23. The molecule has 0 atom stereocenters. The SMILES string of the molecule is [2H]C([2H])([2H])c1cccc2c1nc1n(-c3ncc4c(n3)-c3ccccc3-c3ccccc3-c3ccccc3-4)c3ccccc3n21. The van der Waals surface area contributed by atoms with E-state index in [1.165, 1.54) is 0 Å². The molecule has 0 unspecified atom stereocenters. The van der Waals surface area contributed by atoms with Crippen molar-refractivity contribution in [2.24, 2.45) is 0 Å². The van der Waals surface area contributed by atoms with Gasteiger partial charge in [0.1, 0.15) is 0 Å². The molecule has 5 nitrogen and oxygen atoms in total. The molecule has 0 radical (unpaired) electrons. The Balaban J connectivity index is 1.39. The molecule has 41 heavy (non-hydrogen) atoms. The molecule has 3 heterocycles. The predicted molar refractivity (Wildman–Crippen MR) is 165 cm³/mol. The van der Waals surface area contributed by atoms with Gasteiger partial charge >= 0.3 is 0 Å². The second-order valence-electron chi connectivity index (χ2n) is 10.3. The number of aromatic nitrogens is 5. The van der Waals surface area contributed by atoms with Crippen LogP contribution in [0.3, 0.4) is 0 Å². The van der Waals surface area contributed by atoms with E-state index in [0.717, 1.165) is 61.2 Å². The fraction of sp³-hybridized carbons (Fsp3) is 0.0278. The van der Waals surface area contributed by atoms with Gasteiger partial charge in [-0.05, 0) is 58.4 Å². The topological polar surface area (TPSA) is 48.0 Å². The predicted octanol–water partition coefficient (Wildman–Crippen LogP) is 8.51. The Labute approximate surface area is 240 Å². The van der Waals surface area contributed by atoms with Crippen molar-refractivity contribution in [1.82, 2.24) is 23.9 Å². The molecule has 5 heteroatoms. The fourth-order valence-corrected chi connectivity index (χ4v) is 6.33. The van der Waals surface area contributed by atoms with Crippen molar-refractivity contribution in [2.45, 2.75) is 6.85 Å².